The van der Waals surface area contributed by atoms with Crippen LogP contribution in [0.4, 0.5) is 0 Å². The number of hydrogen-bond acceptors (Lipinski definition) is 2. The second-order valence-corrected chi connectivity index (χ2v) is 5.27. The largest absolute Gasteiger partial charge is 0.359 e. The van der Waals surface area contributed by atoms with Crippen LogP contribution in [0.2, 0.25) is 0 Å². The van der Waals surface area contributed by atoms with Crippen LogP contribution in [0.15, 0.2) is 12.4 Å². The van der Waals surface area contributed by atoms with Gasteiger partial charge in [-0.05, 0) is 12.3 Å². The fraction of sp³-hybridized carbons (Fsp3) is 0.857. The highest BCUT2D eigenvalue weighted by Crippen LogP contribution is 2.21. The first-order chi connectivity index (χ1) is 7.66. The minimum absolute atomic E-state index is 0.575. The number of hydrogen-bond donors (Lipinski definition) is 0. The average Bonchev–Trinajstić information content (AvgIpc) is 2.59. The Hall–Kier alpha value is -0.660. The quantitative estimate of drug-likeness (QED) is 0.609. The molecule has 0 bridgehead atoms. The Labute approximate surface area is 101 Å². The molecule has 16 heavy (non-hydrogen) atoms. The second kappa shape index (κ2) is 6.82. The van der Waals surface area contributed by atoms with E-state index in [9.17, 15) is 0 Å². The van der Waals surface area contributed by atoms with Crippen molar-refractivity contribution < 1.29 is 0 Å². The van der Waals surface area contributed by atoms with Gasteiger partial charge in [-0.1, -0.05) is 46.5 Å². The van der Waals surface area contributed by atoms with Gasteiger partial charge in [-0.2, -0.15) is 0 Å². The van der Waals surface area contributed by atoms with Crippen LogP contribution in [0.1, 0.15) is 52.9 Å². The van der Waals surface area contributed by atoms with Gasteiger partial charge in [0.05, 0.1) is 0 Å². The van der Waals surface area contributed by atoms with E-state index in [0.717, 1.165) is 0 Å². The van der Waals surface area contributed by atoms with Gasteiger partial charge in [0.2, 0.25) is 0 Å². The molecule has 1 rings (SSSR count). The smallest absolute Gasteiger partial charge is 0.103 e. The maximum Gasteiger partial charge on any atom is 0.103 e. The zero-order valence-electron chi connectivity index (χ0n) is 11.4. The maximum absolute atomic E-state index is 2.50. The van der Waals surface area contributed by atoms with Crippen molar-refractivity contribution in [3.05, 3.63) is 12.4 Å². The molecule has 2 heteroatoms. The summed E-state index contributed by atoms with van der Waals surface area (Å²) in [7, 11) is 2.18. The van der Waals surface area contributed by atoms with E-state index in [0.29, 0.717) is 12.1 Å². The highest BCUT2D eigenvalue weighted by Gasteiger charge is 2.25. The van der Waals surface area contributed by atoms with E-state index in [1.165, 1.54) is 38.6 Å². The molecule has 0 radical (unpaired) electrons. The molecule has 0 aliphatic carbocycles. The molecule has 0 spiro atoms. The normalized spacial score (nSPS) is 20.2. The Bertz CT molecular complexity index is 211. The monoisotopic (exact) mass is 224 g/mol. The Kier molecular flexibility index (Phi) is 5.72. The van der Waals surface area contributed by atoms with Gasteiger partial charge in [-0.25, -0.2) is 0 Å². The molecule has 0 saturated carbocycles. The molecule has 0 aromatic heterocycles. The molecule has 0 fully saturated rings. The summed E-state index contributed by atoms with van der Waals surface area (Å²) in [5, 5.41) is 0. The lowest BCUT2D eigenvalue weighted by molar-refractivity contribution is 0.125. The van der Waals surface area contributed by atoms with Crippen LogP contribution in [0, 0.1) is 5.92 Å². The molecular weight excluding hydrogens is 196 g/mol. The van der Waals surface area contributed by atoms with E-state index in [1.807, 2.05) is 0 Å². The Morgan fingerprint density at radius 1 is 1.06 bits per heavy atom. The van der Waals surface area contributed by atoms with Crippen molar-refractivity contribution in [2.75, 3.05) is 13.6 Å². The third kappa shape index (κ3) is 3.73. The van der Waals surface area contributed by atoms with Crippen molar-refractivity contribution in [2.24, 2.45) is 5.92 Å². The zero-order valence-corrected chi connectivity index (χ0v) is 11.4. The fourth-order valence-electron chi connectivity index (χ4n) is 2.56. The minimum atomic E-state index is 0.575. The molecule has 0 amide bonds. The lowest BCUT2D eigenvalue weighted by atomic mass is 10.1. The highest BCUT2D eigenvalue weighted by atomic mass is 15.4. The van der Waals surface area contributed by atoms with Gasteiger partial charge >= 0.3 is 0 Å². The third-order valence-electron chi connectivity index (χ3n) is 3.37. The third-order valence-corrected chi connectivity index (χ3v) is 3.37. The molecule has 1 aliphatic rings. The summed E-state index contributed by atoms with van der Waals surface area (Å²) in [5.74, 6) is 0.690. The summed E-state index contributed by atoms with van der Waals surface area (Å²) in [4.78, 5) is 4.83. The van der Waals surface area contributed by atoms with Gasteiger partial charge < -0.3 is 9.80 Å². The van der Waals surface area contributed by atoms with Crippen molar-refractivity contribution in [2.45, 2.75) is 59.0 Å². The second-order valence-electron chi connectivity index (χ2n) is 5.27. The van der Waals surface area contributed by atoms with Crippen LogP contribution in [-0.2, 0) is 0 Å². The molecule has 0 saturated heterocycles. The topological polar surface area (TPSA) is 6.48 Å². The number of nitrogens with zero attached hydrogens (tertiary/aromatic N) is 2. The van der Waals surface area contributed by atoms with Crippen molar-refractivity contribution in [3.8, 4) is 0 Å². The van der Waals surface area contributed by atoms with E-state index >= 15 is 0 Å². The fourth-order valence-corrected chi connectivity index (χ4v) is 2.56. The van der Waals surface area contributed by atoms with E-state index < -0.39 is 0 Å². The lowest BCUT2D eigenvalue weighted by Gasteiger charge is -2.33. The molecule has 0 aromatic carbocycles. The van der Waals surface area contributed by atoms with Gasteiger partial charge in [-0.15, -0.1) is 0 Å². The number of unbranched alkanes of at least 4 members (excludes halogenated alkanes) is 4. The van der Waals surface area contributed by atoms with Crippen LogP contribution in [0.25, 0.3) is 0 Å². The van der Waals surface area contributed by atoms with E-state index in [2.05, 4.69) is 50.0 Å². The predicted octanol–water partition coefficient (Wildman–Crippen LogP) is 3.66. The highest BCUT2D eigenvalue weighted by molar-refractivity contribution is 4.96. The van der Waals surface area contributed by atoms with Gasteiger partial charge in [0.1, 0.15) is 6.17 Å². The van der Waals surface area contributed by atoms with Crippen LogP contribution in [0.5, 0.6) is 0 Å². The number of rotatable bonds is 7. The van der Waals surface area contributed by atoms with Gasteiger partial charge in [0.15, 0.2) is 0 Å². The lowest BCUT2D eigenvalue weighted by Crippen LogP contribution is -2.41. The van der Waals surface area contributed by atoms with Crippen LogP contribution < -0.4 is 0 Å². The van der Waals surface area contributed by atoms with Crippen molar-refractivity contribution in [3.63, 3.8) is 0 Å². The molecule has 0 N–H and O–H groups in total. The van der Waals surface area contributed by atoms with Crippen molar-refractivity contribution >= 4 is 0 Å². The molecule has 1 unspecified atom stereocenters. The first-order valence-electron chi connectivity index (χ1n) is 6.82. The maximum atomic E-state index is 2.50. The van der Waals surface area contributed by atoms with Crippen LogP contribution >= 0.6 is 0 Å². The molecule has 2 nitrogen and oxygen atoms in total. The van der Waals surface area contributed by atoms with Gasteiger partial charge in [-0.3, -0.25) is 0 Å². The molecule has 94 valence electrons. The van der Waals surface area contributed by atoms with Crippen molar-refractivity contribution in [1.82, 2.24) is 9.80 Å². The van der Waals surface area contributed by atoms with Crippen molar-refractivity contribution in [1.29, 1.82) is 0 Å². The average molecular weight is 224 g/mol. The zero-order chi connectivity index (χ0) is 12.0. The molecular formula is C14H28N2. The van der Waals surface area contributed by atoms with E-state index in [4.69, 9.17) is 0 Å². The molecule has 1 heterocycles. The minimum Gasteiger partial charge on any atom is -0.359 e. The molecule has 1 aliphatic heterocycles. The van der Waals surface area contributed by atoms with Crippen LogP contribution in [-0.4, -0.2) is 29.6 Å². The molecule has 0 aromatic rings. The van der Waals surface area contributed by atoms with E-state index in [1.54, 1.807) is 0 Å². The Morgan fingerprint density at radius 3 is 2.38 bits per heavy atom. The standard InChI is InChI=1S/C14H28N2/c1-5-6-7-8-9-10-16-12-11-15(4)14(16)13(2)3/h11-14H,5-10H2,1-4H3. The van der Waals surface area contributed by atoms with Gasteiger partial charge in [0, 0.05) is 26.0 Å². The Balaban J connectivity index is 2.23. The molecule has 1 atom stereocenters. The predicted molar refractivity (Wildman–Crippen MR) is 71.0 cm³/mol. The first kappa shape index (κ1) is 13.4. The summed E-state index contributed by atoms with van der Waals surface area (Å²) in [6.07, 6.45) is 11.9. The summed E-state index contributed by atoms with van der Waals surface area (Å²) < 4.78 is 0. The Morgan fingerprint density at radius 2 is 1.75 bits per heavy atom. The summed E-state index contributed by atoms with van der Waals surface area (Å²) in [6, 6.07) is 0. The summed E-state index contributed by atoms with van der Waals surface area (Å²) in [6.45, 7) is 8.09. The van der Waals surface area contributed by atoms with Gasteiger partial charge in [0.25, 0.3) is 0 Å². The van der Waals surface area contributed by atoms with E-state index in [-0.39, 0.29) is 0 Å². The SMILES string of the molecule is CCCCCCCN1C=CN(C)C1C(C)C. The summed E-state index contributed by atoms with van der Waals surface area (Å²) in [5.41, 5.74) is 0. The first-order valence-corrected chi connectivity index (χ1v) is 6.82. The van der Waals surface area contributed by atoms with Crippen LogP contribution in [0.3, 0.4) is 0 Å². The summed E-state index contributed by atoms with van der Waals surface area (Å²) >= 11 is 0.